The Kier molecular flexibility index (Phi) is 7.80. The number of carbonyl (C=O) groups excluding carboxylic acids is 2. The molecule has 0 spiro atoms. The molecule has 0 bridgehead atoms. The molecule has 2 aromatic rings. The molecule has 2 aliphatic heterocycles. The van der Waals surface area contributed by atoms with Crippen molar-refractivity contribution in [3.63, 3.8) is 0 Å². The molecule has 2 amide bonds. The van der Waals surface area contributed by atoms with Gasteiger partial charge >= 0.3 is 0 Å². The summed E-state index contributed by atoms with van der Waals surface area (Å²) in [7, 11) is 0. The Hall–Kier alpha value is -2.97. The Bertz CT molecular complexity index is 993. The highest BCUT2D eigenvalue weighted by Crippen LogP contribution is 2.26. The van der Waals surface area contributed by atoms with Gasteiger partial charge in [-0.15, -0.1) is 0 Å². The van der Waals surface area contributed by atoms with Crippen molar-refractivity contribution in [1.82, 2.24) is 9.80 Å². The number of morpholine rings is 2. The molecule has 0 N–H and O–H groups in total. The molecule has 0 unspecified atom stereocenters. The van der Waals surface area contributed by atoms with E-state index in [4.69, 9.17) is 14.2 Å². The van der Waals surface area contributed by atoms with Crippen LogP contribution in [0.4, 0.5) is 4.39 Å². The summed E-state index contributed by atoms with van der Waals surface area (Å²) in [5.74, 6) is 0.0515. The smallest absolute Gasteiger partial charge is 0.227 e. The van der Waals surface area contributed by atoms with Gasteiger partial charge in [0.2, 0.25) is 11.8 Å². The average molecular weight is 471 g/mol. The van der Waals surface area contributed by atoms with Gasteiger partial charge in [-0.25, -0.2) is 4.39 Å². The van der Waals surface area contributed by atoms with Crippen LogP contribution in [0.15, 0.2) is 48.5 Å². The maximum atomic E-state index is 13.3. The largest absolute Gasteiger partial charge is 0.490 e. The Morgan fingerprint density at radius 2 is 1.74 bits per heavy atom. The quantitative estimate of drug-likeness (QED) is 0.622. The highest BCUT2D eigenvalue weighted by atomic mass is 19.1. The highest BCUT2D eigenvalue weighted by Gasteiger charge is 2.42. The molecule has 0 radical (unpaired) electrons. The summed E-state index contributed by atoms with van der Waals surface area (Å²) in [5, 5.41) is 0. The summed E-state index contributed by atoms with van der Waals surface area (Å²) >= 11 is 0. The molecule has 2 aromatic carbocycles. The maximum Gasteiger partial charge on any atom is 0.227 e. The SMILES string of the molecule is Cc1cccc(CC(=O)N2CCO[C@](COc3ccc(F)cc3)(CC(=O)N3CCOCC3)C2)c1. The minimum Gasteiger partial charge on any atom is -0.490 e. The molecule has 4 rings (SSSR count). The first-order valence-electron chi connectivity index (χ1n) is 11.6. The molecule has 2 aliphatic rings. The Morgan fingerprint density at radius 1 is 1.00 bits per heavy atom. The van der Waals surface area contributed by atoms with Crippen LogP contribution in [0.25, 0.3) is 0 Å². The van der Waals surface area contributed by atoms with Gasteiger partial charge in [-0.2, -0.15) is 0 Å². The third-order valence-corrected chi connectivity index (χ3v) is 6.19. The van der Waals surface area contributed by atoms with Crippen LogP contribution >= 0.6 is 0 Å². The second-order valence-electron chi connectivity index (χ2n) is 8.93. The van der Waals surface area contributed by atoms with Crippen LogP contribution in [0, 0.1) is 12.7 Å². The molecule has 2 heterocycles. The van der Waals surface area contributed by atoms with Gasteiger partial charge in [0.15, 0.2) is 0 Å². The first-order chi connectivity index (χ1) is 16.4. The van der Waals surface area contributed by atoms with Crippen molar-refractivity contribution in [2.45, 2.75) is 25.4 Å². The Labute approximate surface area is 199 Å². The van der Waals surface area contributed by atoms with Crippen LogP contribution in [-0.2, 0) is 25.5 Å². The molecular formula is C26H31FN2O5. The zero-order chi connectivity index (χ0) is 24.0. The second kappa shape index (κ2) is 11.0. The van der Waals surface area contributed by atoms with Crippen LogP contribution < -0.4 is 4.74 Å². The van der Waals surface area contributed by atoms with E-state index in [-0.39, 0.29) is 43.6 Å². The topological polar surface area (TPSA) is 68.3 Å². The van der Waals surface area contributed by atoms with E-state index < -0.39 is 5.60 Å². The normalized spacial score (nSPS) is 20.8. The number of benzene rings is 2. The number of carbonyl (C=O) groups is 2. The van der Waals surface area contributed by atoms with Crippen LogP contribution in [0.5, 0.6) is 5.75 Å². The molecule has 7 nitrogen and oxygen atoms in total. The molecule has 0 aliphatic carbocycles. The van der Waals surface area contributed by atoms with Gasteiger partial charge in [0.1, 0.15) is 23.8 Å². The predicted molar refractivity (Wildman–Crippen MR) is 124 cm³/mol. The number of aryl methyl sites for hydroxylation is 1. The highest BCUT2D eigenvalue weighted by molar-refractivity contribution is 5.80. The van der Waals surface area contributed by atoms with Gasteiger partial charge in [-0.3, -0.25) is 9.59 Å². The minimum atomic E-state index is -0.996. The van der Waals surface area contributed by atoms with Gasteiger partial charge in [0.05, 0.1) is 39.2 Å². The first kappa shape index (κ1) is 24.2. The zero-order valence-corrected chi connectivity index (χ0v) is 19.5. The number of amides is 2. The molecular weight excluding hydrogens is 439 g/mol. The first-order valence-corrected chi connectivity index (χ1v) is 11.6. The van der Waals surface area contributed by atoms with E-state index in [9.17, 15) is 14.0 Å². The van der Waals surface area contributed by atoms with E-state index in [1.807, 2.05) is 31.2 Å². The van der Waals surface area contributed by atoms with Crippen molar-refractivity contribution in [2.75, 3.05) is 52.6 Å². The van der Waals surface area contributed by atoms with Gasteiger partial charge in [0, 0.05) is 19.6 Å². The molecule has 182 valence electrons. The number of halogens is 1. The van der Waals surface area contributed by atoms with Crippen LogP contribution in [0.3, 0.4) is 0 Å². The molecule has 0 aromatic heterocycles. The molecule has 2 saturated heterocycles. The number of hydrogen-bond acceptors (Lipinski definition) is 5. The lowest BCUT2D eigenvalue weighted by molar-refractivity contribution is -0.167. The fraction of sp³-hybridized carbons (Fsp3) is 0.462. The van der Waals surface area contributed by atoms with Crippen molar-refractivity contribution in [3.05, 3.63) is 65.5 Å². The van der Waals surface area contributed by atoms with Crippen LogP contribution in [0.1, 0.15) is 17.5 Å². The van der Waals surface area contributed by atoms with Gasteiger partial charge in [-0.1, -0.05) is 29.8 Å². The van der Waals surface area contributed by atoms with Crippen LogP contribution in [-0.4, -0.2) is 79.8 Å². The number of rotatable bonds is 7. The van der Waals surface area contributed by atoms with Gasteiger partial charge in [0.25, 0.3) is 0 Å². The minimum absolute atomic E-state index is 0.0149. The van der Waals surface area contributed by atoms with E-state index in [1.165, 1.54) is 24.3 Å². The number of nitrogens with zero attached hydrogens (tertiary/aromatic N) is 2. The monoisotopic (exact) mass is 470 g/mol. The van der Waals surface area contributed by atoms with Gasteiger partial charge in [-0.05, 0) is 36.8 Å². The molecule has 1 atom stereocenters. The van der Waals surface area contributed by atoms with E-state index >= 15 is 0 Å². The second-order valence-corrected chi connectivity index (χ2v) is 8.93. The summed E-state index contributed by atoms with van der Waals surface area (Å²) in [6.07, 6.45) is 0.371. The lowest BCUT2D eigenvalue weighted by Crippen LogP contribution is -2.59. The van der Waals surface area contributed by atoms with Crippen molar-refractivity contribution >= 4 is 11.8 Å². The fourth-order valence-corrected chi connectivity index (χ4v) is 4.36. The lowest BCUT2D eigenvalue weighted by Gasteiger charge is -2.43. The van der Waals surface area contributed by atoms with E-state index in [1.54, 1.807) is 9.80 Å². The van der Waals surface area contributed by atoms with Gasteiger partial charge < -0.3 is 24.0 Å². The standard InChI is InChI=1S/C26H31FN2O5/c1-20-3-2-4-21(15-20)16-24(30)29-11-14-34-26(18-29,17-25(31)28-9-12-32-13-10-28)19-33-23-7-5-22(27)6-8-23/h2-8,15H,9-14,16-19H2,1H3/t26-/m1/s1. The predicted octanol–water partition coefficient (Wildman–Crippen LogP) is 2.60. The summed E-state index contributed by atoms with van der Waals surface area (Å²) in [6, 6.07) is 13.6. The molecule has 8 heteroatoms. The summed E-state index contributed by atoms with van der Waals surface area (Å²) in [6.45, 7) is 5.15. The van der Waals surface area contributed by atoms with E-state index in [0.29, 0.717) is 45.2 Å². The van der Waals surface area contributed by atoms with Crippen LogP contribution in [0.2, 0.25) is 0 Å². The number of ether oxygens (including phenoxy) is 3. The van der Waals surface area contributed by atoms with Crippen molar-refractivity contribution < 1.29 is 28.2 Å². The number of hydrogen-bond donors (Lipinski definition) is 0. The lowest BCUT2D eigenvalue weighted by atomic mass is 9.96. The molecule has 0 saturated carbocycles. The van der Waals surface area contributed by atoms with Crippen molar-refractivity contribution in [3.8, 4) is 5.75 Å². The Balaban J connectivity index is 1.48. The fourth-order valence-electron chi connectivity index (χ4n) is 4.36. The van der Waals surface area contributed by atoms with E-state index in [2.05, 4.69) is 0 Å². The zero-order valence-electron chi connectivity index (χ0n) is 19.5. The van der Waals surface area contributed by atoms with E-state index in [0.717, 1.165) is 11.1 Å². The third kappa shape index (κ3) is 6.33. The average Bonchev–Trinajstić information content (AvgIpc) is 2.84. The molecule has 2 fully saturated rings. The summed E-state index contributed by atoms with van der Waals surface area (Å²) in [5.41, 5.74) is 1.06. The maximum absolute atomic E-state index is 13.3. The van der Waals surface area contributed by atoms with Crippen molar-refractivity contribution in [1.29, 1.82) is 0 Å². The summed E-state index contributed by atoms with van der Waals surface area (Å²) < 4.78 is 30.7. The third-order valence-electron chi connectivity index (χ3n) is 6.19. The van der Waals surface area contributed by atoms with Crippen molar-refractivity contribution in [2.24, 2.45) is 0 Å². The summed E-state index contributed by atoms with van der Waals surface area (Å²) in [4.78, 5) is 29.8. The molecule has 34 heavy (non-hydrogen) atoms. The Morgan fingerprint density at radius 3 is 2.47 bits per heavy atom.